The van der Waals surface area contributed by atoms with Crippen molar-refractivity contribution < 1.29 is 29.2 Å². The van der Waals surface area contributed by atoms with Gasteiger partial charge in [-0.05, 0) is 12.1 Å². The van der Waals surface area contributed by atoms with E-state index in [4.69, 9.17) is 18.9 Å². The quantitative estimate of drug-likeness (QED) is 0.803. The van der Waals surface area contributed by atoms with E-state index in [1.54, 1.807) is 12.1 Å². The highest BCUT2D eigenvalue weighted by Crippen LogP contribution is 2.27. The Morgan fingerprint density at radius 2 is 1.75 bits per heavy atom. The molecule has 5 atom stereocenters. The van der Waals surface area contributed by atoms with Gasteiger partial charge in [0.25, 0.3) is 0 Å². The largest absolute Gasteiger partial charge is 0.462 e. The molecule has 0 amide bonds. The molecule has 0 unspecified atom stereocenters. The van der Waals surface area contributed by atoms with Gasteiger partial charge >= 0.3 is 0 Å². The summed E-state index contributed by atoms with van der Waals surface area (Å²) in [5.41, 5.74) is 0. The lowest BCUT2D eigenvalue weighted by Gasteiger charge is -2.42. The molecular formula is C14H20O6. The molecule has 1 heterocycles. The molecule has 0 saturated carbocycles. The van der Waals surface area contributed by atoms with Crippen molar-refractivity contribution in [1.82, 2.24) is 0 Å². The minimum Gasteiger partial charge on any atom is -0.462 e. The highest BCUT2D eigenvalue weighted by atomic mass is 16.7. The SMILES string of the molecule is CO[C@H]1[C@@H](Oc2ccccc2)O[C@H](CO)[C@@H](O)[C@@H]1OC. The molecule has 0 bridgehead atoms. The first-order valence-corrected chi connectivity index (χ1v) is 6.43. The zero-order chi connectivity index (χ0) is 14.5. The average Bonchev–Trinajstić information content (AvgIpc) is 2.49. The summed E-state index contributed by atoms with van der Waals surface area (Å²) in [5.74, 6) is 0.613. The Hall–Kier alpha value is -1.18. The van der Waals surface area contributed by atoms with E-state index < -0.39 is 30.7 Å². The van der Waals surface area contributed by atoms with Crippen LogP contribution in [-0.2, 0) is 14.2 Å². The standard InChI is InChI=1S/C14H20O6/c1-17-12-11(16)10(8-15)20-14(13(12)18-2)19-9-6-4-3-5-7-9/h3-7,10-16H,8H2,1-2H3/t10-,11-,12+,13-,14+/m1/s1. The number of aliphatic hydroxyl groups is 2. The van der Waals surface area contributed by atoms with Gasteiger partial charge in [0.15, 0.2) is 0 Å². The van der Waals surface area contributed by atoms with E-state index in [1.807, 2.05) is 18.2 Å². The van der Waals surface area contributed by atoms with Crippen molar-refractivity contribution in [1.29, 1.82) is 0 Å². The first-order valence-electron chi connectivity index (χ1n) is 6.43. The first kappa shape index (κ1) is 15.2. The van der Waals surface area contributed by atoms with Crippen molar-refractivity contribution in [2.45, 2.75) is 30.7 Å². The van der Waals surface area contributed by atoms with E-state index >= 15 is 0 Å². The van der Waals surface area contributed by atoms with Gasteiger partial charge in [-0.15, -0.1) is 0 Å². The van der Waals surface area contributed by atoms with Gasteiger partial charge in [-0.3, -0.25) is 0 Å². The number of benzene rings is 1. The number of para-hydroxylation sites is 1. The predicted octanol–water partition coefficient (Wildman–Crippen LogP) is 0.174. The second-order valence-corrected chi connectivity index (χ2v) is 4.55. The van der Waals surface area contributed by atoms with Gasteiger partial charge in [0.2, 0.25) is 6.29 Å². The summed E-state index contributed by atoms with van der Waals surface area (Å²) in [6, 6.07) is 9.13. The summed E-state index contributed by atoms with van der Waals surface area (Å²) in [4.78, 5) is 0. The Labute approximate surface area is 117 Å². The third kappa shape index (κ3) is 3.11. The summed E-state index contributed by atoms with van der Waals surface area (Å²) in [5, 5.41) is 19.3. The minimum absolute atomic E-state index is 0.327. The molecule has 0 aromatic heterocycles. The molecule has 6 heteroatoms. The van der Waals surface area contributed by atoms with Crippen LogP contribution < -0.4 is 4.74 Å². The fourth-order valence-corrected chi connectivity index (χ4v) is 2.29. The molecule has 6 nitrogen and oxygen atoms in total. The molecule has 0 aliphatic carbocycles. The van der Waals surface area contributed by atoms with Crippen LogP contribution in [-0.4, -0.2) is 61.7 Å². The fourth-order valence-electron chi connectivity index (χ4n) is 2.29. The number of ether oxygens (including phenoxy) is 4. The summed E-state index contributed by atoms with van der Waals surface area (Å²) in [6.45, 7) is -0.327. The van der Waals surface area contributed by atoms with Crippen LogP contribution in [0.4, 0.5) is 0 Å². The molecule has 1 aliphatic heterocycles. The van der Waals surface area contributed by atoms with Gasteiger partial charge in [0.1, 0.15) is 30.2 Å². The van der Waals surface area contributed by atoms with E-state index in [0.29, 0.717) is 5.75 Å². The molecule has 1 aromatic carbocycles. The maximum Gasteiger partial charge on any atom is 0.229 e. The minimum atomic E-state index is -0.981. The second kappa shape index (κ2) is 7.01. The summed E-state index contributed by atoms with van der Waals surface area (Å²) < 4.78 is 21.9. The molecule has 1 saturated heterocycles. The summed E-state index contributed by atoms with van der Waals surface area (Å²) in [6.07, 6.45) is -3.77. The second-order valence-electron chi connectivity index (χ2n) is 4.55. The molecule has 0 radical (unpaired) electrons. The fraction of sp³-hybridized carbons (Fsp3) is 0.571. The molecule has 1 aromatic rings. The van der Waals surface area contributed by atoms with Crippen LogP contribution in [0.1, 0.15) is 0 Å². The van der Waals surface area contributed by atoms with Crippen molar-refractivity contribution in [3.8, 4) is 5.75 Å². The van der Waals surface area contributed by atoms with E-state index in [1.165, 1.54) is 14.2 Å². The predicted molar refractivity (Wildman–Crippen MR) is 70.4 cm³/mol. The maximum atomic E-state index is 10.1. The van der Waals surface area contributed by atoms with Crippen molar-refractivity contribution in [2.75, 3.05) is 20.8 Å². The van der Waals surface area contributed by atoms with E-state index in [-0.39, 0.29) is 6.61 Å². The van der Waals surface area contributed by atoms with Crippen LogP contribution in [0.15, 0.2) is 30.3 Å². The Kier molecular flexibility index (Phi) is 5.33. The van der Waals surface area contributed by atoms with Crippen molar-refractivity contribution in [3.63, 3.8) is 0 Å². The average molecular weight is 284 g/mol. The smallest absolute Gasteiger partial charge is 0.229 e. The topological polar surface area (TPSA) is 77.4 Å². The van der Waals surface area contributed by atoms with Gasteiger partial charge in [-0.2, -0.15) is 0 Å². The lowest BCUT2D eigenvalue weighted by molar-refractivity contribution is -0.287. The van der Waals surface area contributed by atoms with Gasteiger partial charge < -0.3 is 29.2 Å². The summed E-state index contributed by atoms with van der Waals surface area (Å²) >= 11 is 0. The summed E-state index contributed by atoms with van der Waals surface area (Å²) in [7, 11) is 2.96. The Morgan fingerprint density at radius 3 is 2.30 bits per heavy atom. The highest BCUT2D eigenvalue weighted by Gasteiger charge is 2.47. The van der Waals surface area contributed by atoms with Crippen molar-refractivity contribution in [2.24, 2.45) is 0 Å². The molecule has 2 rings (SSSR count). The lowest BCUT2D eigenvalue weighted by atomic mass is 9.99. The van der Waals surface area contributed by atoms with Gasteiger partial charge in [0, 0.05) is 14.2 Å². The van der Waals surface area contributed by atoms with E-state index in [0.717, 1.165) is 0 Å². The van der Waals surface area contributed by atoms with Crippen LogP contribution in [0.25, 0.3) is 0 Å². The van der Waals surface area contributed by atoms with Gasteiger partial charge in [0.05, 0.1) is 6.61 Å². The van der Waals surface area contributed by atoms with Crippen LogP contribution in [0.3, 0.4) is 0 Å². The lowest BCUT2D eigenvalue weighted by Crippen LogP contribution is -2.61. The third-order valence-corrected chi connectivity index (χ3v) is 3.34. The van der Waals surface area contributed by atoms with Gasteiger partial charge in [-0.25, -0.2) is 0 Å². The van der Waals surface area contributed by atoms with E-state index in [2.05, 4.69) is 0 Å². The maximum absolute atomic E-state index is 10.1. The van der Waals surface area contributed by atoms with Crippen LogP contribution >= 0.6 is 0 Å². The number of rotatable bonds is 5. The number of hydrogen-bond acceptors (Lipinski definition) is 6. The number of aliphatic hydroxyl groups excluding tert-OH is 2. The highest BCUT2D eigenvalue weighted by molar-refractivity contribution is 5.21. The molecule has 0 spiro atoms. The molecule has 20 heavy (non-hydrogen) atoms. The van der Waals surface area contributed by atoms with E-state index in [9.17, 15) is 10.2 Å². The molecule has 1 fully saturated rings. The van der Waals surface area contributed by atoms with Gasteiger partial charge in [-0.1, -0.05) is 18.2 Å². The van der Waals surface area contributed by atoms with Crippen LogP contribution in [0, 0.1) is 0 Å². The monoisotopic (exact) mass is 284 g/mol. The third-order valence-electron chi connectivity index (χ3n) is 3.34. The Morgan fingerprint density at radius 1 is 1.10 bits per heavy atom. The van der Waals surface area contributed by atoms with Crippen molar-refractivity contribution in [3.05, 3.63) is 30.3 Å². The normalized spacial score (nSPS) is 33.9. The molecular weight excluding hydrogens is 264 g/mol. The number of hydrogen-bond donors (Lipinski definition) is 2. The molecule has 1 aliphatic rings. The first-order chi connectivity index (χ1) is 9.71. The zero-order valence-corrected chi connectivity index (χ0v) is 11.5. The number of methoxy groups -OCH3 is 2. The Balaban J connectivity index is 2.16. The molecule has 2 N–H and O–H groups in total. The van der Waals surface area contributed by atoms with Crippen molar-refractivity contribution >= 4 is 0 Å². The van der Waals surface area contributed by atoms with Crippen LogP contribution in [0.2, 0.25) is 0 Å². The Bertz CT molecular complexity index is 398. The molecule has 112 valence electrons. The van der Waals surface area contributed by atoms with Crippen LogP contribution in [0.5, 0.6) is 5.75 Å². The zero-order valence-electron chi connectivity index (χ0n) is 11.5.